The van der Waals surface area contributed by atoms with E-state index in [1.54, 1.807) is 31.5 Å². The summed E-state index contributed by atoms with van der Waals surface area (Å²) >= 11 is 18.2. The molecule has 0 spiro atoms. The number of carbonyl (C=O) groups is 1. The van der Waals surface area contributed by atoms with Crippen LogP contribution in [-0.4, -0.2) is 25.8 Å². The lowest BCUT2D eigenvalue weighted by molar-refractivity contribution is -0.121. The van der Waals surface area contributed by atoms with Gasteiger partial charge in [0, 0.05) is 22.0 Å². The number of nitrogens with zero attached hydrogens (tertiary/aromatic N) is 1. The molecule has 1 amide bonds. The molecule has 0 fully saturated rings. The van der Waals surface area contributed by atoms with Gasteiger partial charge in [-0.15, -0.1) is 0 Å². The Balaban J connectivity index is 1.49. The second kappa shape index (κ2) is 13.4. The zero-order valence-corrected chi connectivity index (χ0v) is 22.5. The first-order valence-electron chi connectivity index (χ1n) is 11.2. The van der Waals surface area contributed by atoms with Crippen molar-refractivity contribution in [2.45, 2.75) is 33.3 Å². The number of amides is 1. The number of benzene rings is 3. The molecular weight excluding hydrogens is 523 g/mol. The normalized spacial score (nSPS) is 10.9. The predicted octanol–water partition coefficient (Wildman–Crippen LogP) is 7.16. The topological polar surface area (TPSA) is 69.2 Å². The van der Waals surface area contributed by atoms with Gasteiger partial charge in [0.15, 0.2) is 0 Å². The number of carbonyl (C=O) groups excluding carboxylic acids is 1. The third-order valence-corrected chi connectivity index (χ3v) is 6.34. The van der Waals surface area contributed by atoms with Crippen LogP contribution in [0.5, 0.6) is 17.2 Å². The Kier molecular flexibility index (Phi) is 10.3. The molecule has 0 aliphatic heterocycles. The number of rotatable bonds is 11. The standard InChI is InChI=1S/C27H27Cl3N2O4/c1-17-11-22(12-18(2)27(17)30)36-16-20-13-19(6-8-24(20)34-3)15-31-32-26(33)5-4-10-35-25-9-7-21(28)14-23(25)29/h6-9,11-15H,4-5,10,16H2,1-3H3,(H,32,33)/b31-15+. The first-order valence-corrected chi connectivity index (χ1v) is 12.4. The molecule has 0 saturated carbocycles. The molecular formula is C27H27Cl3N2O4. The fourth-order valence-electron chi connectivity index (χ4n) is 3.38. The molecule has 9 heteroatoms. The molecule has 3 aromatic rings. The Morgan fingerprint density at radius 1 is 0.972 bits per heavy atom. The average Bonchev–Trinajstić information content (AvgIpc) is 2.85. The summed E-state index contributed by atoms with van der Waals surface area (Å²) in [6.45, 7) is 4.52. The van der Waals surface area contributed by atoms with Crippen molar-refractivity contribution in [1.29, 1.82) is 0 Å². The van der Waals surface area contributed by atoms with Crippen LogP contribution in [0, 0.1) is 13.8 Å². The Morgan fingerprint density at radius 2 is 1.69 bits per heavy atom. The summed E-state index contributed by atoms with van der Waals surface area (Å²) in [7, 11) is 1.61. The molecule has 36 heavy (non-hydrogen) atoms. The molecule has 0 heterocycles. The minimum Gasteiger partial charge on any atom is -0.496 e. The minimum absolute atomic E-state index is 0.220. The molecule has 0 aliphatic rings. The number of ether oxygens (including phenoxy) is 3. The van der Waals surface area contributed by atoms with Crippen LogP contribution in [0.2, 0.25) is 15.1 Å². The molecule has 0 aromatic heterocycles. The van der Waals surface area contributed by atoms with Gasteiger partial charge in [-0.25, -0.2) is 5.43 Å². The zero-order chi connectivity index (χ0) is 26.1. The highest BCUT2D eigenvalue weighted by molar-refractivity contribution is 6.35. The molecule has 1 N–H and O–H groups in total. The van der Waals surface area contributed by atoms with Gasteiger partial charge in [-0.2, -0.15) is 5.10 Å². The number of hydrogen-bond acceptors (Lipinski definition) is 5. The number of methoxy groups -OCH3 is 1. The highest BCUT2D eigenvalue weighted by Gasteiger charge is 2.08. The van der Waals surface area contributed by atoms with Crippen molar-refractivity contribution in [3.8, 4) is 17.2 Å². The number of halogens is 3. The van der Waals surface area contributed by atoms with Crippen LogP contribution in [0.3, 0.4) is 0 Å². The molecule has 6 nitrogen and oxygen atoms in total. The fraction of sp³-hybridized carbons (Fsp3) is 0.259. The molecule has 0 radical (unpaired) electrons. The van der Waals surface area contributed by atoms with Gasteiger partial charge in [-0.05, 0) is 85.5 Å². The largest absolute Gasteiger partial charge is 0.496 e. The van der Waals surface area contributed by atoms with E-state index < -0.39 is 0 Å². The van der Waals surface area contributed by atoms with Gasteiger partial charge in [-0.3, -0.25) is 4.79 Å². The number of hydrogen-bond donors (Lipinski definition) is 1. The van der Waals surface area contributed by atoms with Crippen LogP contribution in [0.25, 0.3) is 0 Å². The van der Waals surface area contributed by atoms with Crippen molar-refractivity contribution >= 4 is 46.9 Å². The van der Waals surface area contributed by atoms with Gasteiger partial charge < -0.3 is 14.2 Å². The molecule has 0 unspecified atom stereocenters. The van der Waals surface area contributed by atoms with E-state index >= 15 is 0 Å². The number of hydrazone groups is 1. The maximum Gasteiger partial charge on any atom is 0.240 e. The summed E-state index contributed by atoms with van der Waals surface area (Å²) in [4.78, 5) is 12.1. The lowest BCUT2D eigenvalue weighted by atomic mass is 10.1. The van der Waals surface area contributed by atoms with E-state index in [2.05, 4.69) is 10.5 Å². The SMILES string of the molecule is COc1ccc(/C=N/NC(=O)CCCOc2ccc(Cl)cc2Cl)cc1COc1cc(C)c(Cl)c(C)c1. The second-order valence-electron chi connectivity index (χ2n) is 8.05. The number of nitrogens with one attached hydrogen (secondary N) is 1. The lowest BCUT2D eigenvalue weighted by Gasteiger charge is -2.13. The first-order chi connectivity index (χ1) is 17.3. The van der Waals surface area contributed by atoms with Gasteiger partial charge in [0.2, 0.25) is 5.91 Å². The van der Waals surface area contributed by atoms with Crippen LogP contribution in [0.15, 0.2) is 53.6 Å². The Hall–Kier alpha value is -2.93. The van der Waals surface area contributed by atoms with E-state index in [9.17, 15) is 4.79 Å². The maximum absolute atomic E-state index is 12.1. The van der Waals surface area contributed by atoms with E-state index in [1.165, 1.54) is 0 Å². The summed E-state index contributed by atoms with van der Waals surface area (Å²) in [5.74, 6) is 1.73. The molecule has 0 aliphatic carbocycles. The molecule has 3 rings (SSSR count). The monoisotopic (exact) mass is 548 g/mol. The van der Waals surface area contributed by atoms with Crippen LogP contribution < -0.4 is 19.6 Å². The molecule has 0 saturated heterocycles. The molecule has 0 atom stereocenters. The molecule has 0 bridgehead atoms. The van der Waals surface area contributed by atoms with Crippen molar-refractivity contribution in [3.63, 3.8) is 0 Å². The predicted molar refractivity (Wildman–Crippen MR) is 145 cm³/mol. The third-order valence-electron chi connectivity index (χ3n) is 5.21. The smallest absolute Gasteiger partial charge is 0.240 e. The highest BCUT2D eigenvalue weighted by atomic mass is 35.5. The van der Waals surface area contributed by atoms with Crippen molar-refractivity contribution in [2.75, 3.05) is 13.7 Å². The van der Waals surface area contributed by atoms with Crippen LogP contribution in [0.4, 0.5) is 0 Å². The van der Waals surface area contributed by atoms with E-state index in [1.807, 2.05) is 44.2 Å². The first kappa shape index (κ1) is 27.7. The van der Waals surface area contributed by atoms with E-state index in [-0.39, 0.29) is 12.3 Å². The summed E-state index contributed by atoms with van der Waals surface area (Å²) in [6, 6.07) is 14.4. The van der Waals surface area contributed by atoms with Crippen molar-refractivity contribution < 1.29 is 19.0 Å². The maximum atomic E-state index is 12.1. The minimum atomic E-state index is -0.220. The quantitative estimate of drug-likeness (QED) is 0.156. The van der Waals surface area contributed by atoms with E-state index in [4.69, 9.17) is 49.0 Å². The van der Waals surface area contributed by atoms with Gasteiger partial charge in [-0.1, -0.05) is 34.8 Å². The van der Waals surface area contributed by atoms with E-state index in [0.29, 0.717) is 41.2 Å². The van der Waals surface area contributed by atoms with Crippen molar-refractivity contribution in [3.05, 3.63) is 85.9 Å². The molecule has 3 aromatic carbocycles. The van der Waals surface area contributed by atoms with Crippen LogP contribution >= 0.6 is 34.8 Å². The average molecular weight is 550 g/mol. The van der Waals surface area contributed by atoms with Gasteiger partial charge >= 0.3 is 0 Å². The van der Waals surface area contributed by atoms with Crippen molar-refractivity contribution in [1.82, 2.24) is 5.43 Å². The van der Waals surface area contributed by atoms with Gasteiger partial charge in [0.1, 0.15) is 23.9 Å². The Labute approximate surface area is 226 Å². The molecule has 190 valence electrons. The van der Waals surface area contributed by atoms with Crippen LogP contribution in [-0.2, 0) is 11.4 Å². The van der Waals surface area contributed by atoms with E-state index in [0.717, 1.165) is 33.0 Å². The summed E-state index contributed by atoms with van der Waals surface area (Å²) in [5.41, 5.74) is 6.07. The van der Waals surface area contributed by atoms with Crippen molar-refractivity contribution in [2.24, 2.45) is 5.10 Å². The third kappa shape index (κ3) is 8.05. The van der Waals surface area contributed by atoms with Crippen LogP contribution in [0.1, 0.15) is 35.1 Å². The highest BCUT2D eigenvalue weighted by Crippen LogP contribution is 2.28. The zero-order valence-electron chi connectivity index (χ0n) is 20.2. The van der Waals surface area contributed by atoms with Gasteiger partial charge in [0.05, 0.1) is 25.0 Å². The Morgan fingerprint density at radius 3 is 2.39 bits per heavy atom. The summed E-state index contributed by atoms with van der Waals surface area (Å²) in [5, 5.41) is 5.75. The summed E-state index contributed by atoms with van der Waals surface area (Å²) in [6.07, 6.45) is 2.33. The fourth-order valence-corrected chi connectivity index (χ4v) is 3.96. The number of aryl methyl sites for hydroxylation is 2. The van der Waals surface area contributed by atoms with Gasteiger partial charge in [0.25, 0.3) is 0 Å². The Bertz CT molecular complexity index is 1220. The summed E-state index contributed by atoms with van der Waals surface area (Å²) < 4.78 is 17.0. The lowest BCUT2D eigenvalue weighted by Crippen LogP contribution is -2.18. The second-order valence-corrected chi connectivity index (χ2v) is 9.27.